The molecule has 0 spiro atoms. The molecule has 0 aromatic heterocycles. The molecule has 0 aliphatic rings. The maximum absolute atomic E-state index is 10.1. The molecule has 2 aromatic carbocycles. The van der Waals surface area contributed by atoms with Crippen molar-refractivity contribution in [1.29, 1.82) is 0 Å². The Balaban J connectivity index is 2.34. The van der Waals surface area contributed by atoms with Crippen LogP contribution in [0.1, 0.15) is 25.0 Å². The predicted molar refractivity (Wildman–Crippen MR) is 81.3 cm³/mol. The lowest BCUT2D eigenvalue weighted by Crippen LogP contribution is -1.99. The van der Waals surface area contributed by atoms with Crippen LogP contribution in [0.5, 0.6) is 23.0 Å². The molecule has 21 heavy (non-hydrogen) atoms. The van der Waals surface area contributed by atoms with Gasteiger partial charge in [-0.3, -0.25) is 0 Å². The quantitative estimate of drug-likeness (QED) is 0.874. The van der Waals surface area contributed by atoms with Gasteiger partial charge in [-0.2, -0.15) is 0 Å². The van der Waals surface area contributed by atoms with Crippen LogP contribution < -0.4 is 14.2 Å². The standard InChI is InChI=1S/C17H20O4/c1-4-16(18)15-7-5-6-8-17(15)21-14-10-12(19-2)9-13(11-14)20-3/h5-11,16,18H,4H2,1-3H3/t16-/m0/s1. The first-order valence-corrected chi connectivity index (χ1v) is 6.85. The van der Waals surface area contributed by atoms with Gasteiger partial charge in [0.25, 0.3) is 0 Å². The summed E-state index contributed by atoms with van der Waals surface area (Å²) in [4.78, 5) is 0. The average molecular weight is 288 g/mol. The number of hydrogen-bond donors (Lipinski definition) is 1. The van der Waals surface area contributed by atoms with E-state index >= 15 is 0 Å². The van der Waals surface area contributed by atoms with Gasteiger partial charge >= 0.3 is 0 Å². The molecule has 0 bridgehead atoms. The largest absolute Gasteiger partial charge is 0.496 e. The molecule has 0 aliphatic heterocycles. The van der Waals surface area contributed by atoms with Crippen LogP contribution in [-0.2, 0) is 0 Å². The summed E-state index contributed by atoms with van der Waals surface area (Å²) in [6.07, 6.45) is 0.0793. The highest BCUT2D eigenvalue weighted by atomic mass is 16.5. The van der Waals surface area contributed by atoms with Gasteiger partial charge in [0.15, 0.2) is 0 Å². The van der Waals surface area contributed by atoms with Gasteiger partial charge in [-0.25, -0.2) is 0 Å². The van der Waals surface area contributed by atoms with Crippen LogP contribution in [-0.4, -0.2) is 19.3 Å². The molecule has 0 heterocycles. The topological polar surface area (TPSA) is 47.9 Å². The van der Waals surface area contributed by atoms with Gasteiger partial charge in [-0.1, -0.05) is 25.1 Å². The van der Waals surface area contributed by atoms with E-state index in [0.29, 0.717) is 29.4 Å². The Bertz CT molecular complexity index is 573. The Kier molecular flexibility index (Phi) is 5.06. The van der Waals surface area contributed by atoms with Crippen LogP contribution in [0.15, 0.2) is 42.5 Å². The third-order valence-electron chi connectivity index (χ3n) is 3.22. The maximum atomic E-state index is 10.1. The highest BCUT2D eigenvalue weighted by Gasteiger charge is 2.12. The minimum atomic E-state index is -0.547. The Morgan fingerprint density at radius 2 is 1.52 bits per heavy atom. The number of benzene rings is 2. The van der Waals surface area contributed by atoms with Crippen molar-refractivity contribution in [2.45, 2.75) is 19.4 Å². The van der Waals surface area contributed by atoms with E-state index in [9.17, 15) is 5.11 Å². The van der Waals surface area contributed by atoms with Crippen molar-refractivity contribution >= 4 is 0 Å². The van der Waals surface area contributed by atoms with E-state index in [4.69, 9.17) is 14.2 Å². The second kappa shape index (κ2) is 6.99. The van der Waals surface area contributed by atoms with Crippen molar-refractivity contribution in [1.82, 2.24) is 0 Å². The molecule has 0 amide bonds. The number of rotatable bonds is 6. The number of aliphatic hydroxyl groups excluding tert-OH is 1. The van der Waals surface area contributed by atoms with Gasteiger partial charge in [0.1, 0.15) is 23.0 Å². The molecule has 0 unspecified atom stereocenters. The molecule has 0 fully saturated rings. The number of methoxy groups -OCH3 is 2. The zero-order chi connectivity index (χ0) is 15.2. The van der Waals surface area contributed by atoms with Crippen molar-refractivity contribution in [3.8, 4) is 23.0 Å². The summed E-state index contributed by atoms with van der Waals surface area (Å²) in [5.41, 5.74) is 0.766. The maximum Gasteiger partial charge on any atom is 0.134 e. The zero-order valence-corrected chi connectivity index (χ0v) is 12.5. The molecular formula is C17H20O4. The molecule has 0 aliphatic carbocycles. The summed E-state index contributed by atoms with van der Waals surface area (Å²) < 4.78 is 16.3. The Morgan fingerprint density at radius 1 is 0.952 bits per heavy atom. The van der Waals surface area contributed by atoms with Crippen molar-refractivity contribution < 1.29 is 19.3 Å². The summed E-state index contributed by atoms with van der Waals surface area (Å²) in [5, 5.41) is 10.1. The fourth-order valence-corrected chi connectivity index (χ4v) is 2.04. The van der Waals surface area contributed by atoms with E-state index in [2.05, 4.69) is 0 Å². The highest BCUT2D eigenvalue weighted by Crippen LogP contribution is 2.34. The minimum absolute atomic E-state index is 0.547. The predicted octanol–water partition coefficient (Wildman–Crippen LogP) is 3.94. The molecule has 0 radical (unpaired) electrons. The molecule has 112 valence electrons. The van der Waals surface area contributed by atoms with Crippen LogP contribution in [0, 0.1) is 0 Å². The lowest BCUT2D eigenvalue weighted by Gasteiger charge is -2.15. The monoisotopic (exact) mass is 288 g/mol. The lowest BCUT2D eigenvalue weighted by atomic mass is 10.1. The number of para-hydroxylation sites is 1. The smallest absolute Gasteiger partial charge is 0.134 e. The molecule has 4 heteroatoms. The number of hydrogen-bond acceptors (Lipinski definition) is 4. The van der Waals surface area contributed by atoms with E-state index in [0.717, 1.165) is 5.56 Å². The molecule has 0 saturated carbocycles. The second-order valence-corrected chi connectivity index (χ2v) is 4.61. The van der Waals surface area contributed by atoms with Crippen LogP contribution in [0.3, 0.4) is 0 Å². The minimum Gasteiger partial charge on any atom is -0.496 e. The van der Waals surface area contributed by atoms with Crippen molar-refractivity contribution in [2.24, 2.45) is 0 Å². The molecule has 0 saturated heterocycles. The first-order chi connectivity index (χ1) is 10.2. The Hall–Kier alpha value is -2.20. The van der Waals surface area contributed by atoms with Crippen LogP contribution in [0.4, 0.5) is 0 Å². The van der Waals surface area contributed by atoms with E-state index in [-0.39, 0.29) is 0 Å². The molecule has 4 nitrogen and oxygen atoms in total. The van der Waals surface area contributed by atoms with E-state index < -0.39 is 6.10 Å². The van der Waals surface area contributed by atoms with Gasteiger partial charge in [0.2, 0.25) is 0 Å². The molecule has 2 aromatic rings. The molecule has 1 atom stereocenters. The SMILES string of the molecule is CC[C@H](O)c1ccccc1Oc1cc(OC)cc(OC)c1. The van der Waals surface area contributed by atoms with Crippen LogP contribution in [0.25, 0.3) is 0 Å². The van der Waals surface area contributed by atoms with Crippen molar-refractivity contribution in [3.63, 3.8) is 0 Å². The first kappa shape index (κ1) is 15.2. The first-order valence-electron chi connectivity index (χ1n) is 6.85. The van der Waals surface area contributed by atoms with Gasteiger partial charge in [-0.05, 0) is 12.5 Å². The van der Waals surface area contributed by atoms with Gasteiger partial charge in [0.05, 0.1) is 20.3 Å². The van der Waals surface area contributed by atoms with Gasteiger partial charge in [0, 0.05) is 23.8 Å². The zero-order valence-electron chi connectivity index (χ0n) is 12.5. The number of aliphatic hydroxyl groups is 1. The molecule has 2 rings (SSSR count). The average Bonchev–Trinajstić information content (AvgIpc) is 2.54. The van der Waals surface area contributed by atoms with E-state index in [1.54, 1.807) is 32.4 Å². The summed E-state index contributed by atoms with van der Waals surface area (Å²) in [7, 11) is 3.18. The summed E-state index contributed by atoms with van der Waals surface area (Å²) >= 11 is 0. The third-order valence-corrected chi connectivity index (χ3v) is 3.22. The van der Waals surface area contributed by atoms with E-state index in [1.165, 1.54) is 0 Å². The lowest BCUT2D eigenvalue weighted by molar-refractivity contribution is 0.170. The van der Waals surface area contributed by atoms with Crippen LogP contribution >= 0.6 is 0 Å². The van der Waals surface area contributed by atoms with E-state index in [1.807, 2.05) is 31.2 Å². The summed E-state index contributed by atoms with van der Waals surface area (Å²) in [5.74, 6) is 2.53. The van der Waals surface area contributed by atoms with Gasteiger partial charge < -0.3 is 19.3 Å². The normalized spacial score (nSPS) is 11.8. The van der Waals surface area contributed by atoms with Crippen LogP contribution in [0.2, 0.25) is 0 Å². The Morgan fingerprint density at radius 3 is 2.10 bits per heavy atom. The Labute approximate surface area is 124 Å². The van der Waals surface area contributed by atoms with Gasteiger partial charge in [-0.15, -0.1) is 0 Å². The van der Waals surface area contributed by atoms with Crippen molar-refractivity contribution in [2.75, 3.05) is 14.2 Å². The fourth-order valence-electron chi connectivity index (χ4n) is 2.04. The summed E-state index contributed by atoms with van der Waals surface area (Å²) in [6.45, 7) is 1.93. The second-order valence-electron chi connectivity index (χ2n) is 4.61. The molecular weight excluding hydrogens is 268 g/mol. The number of ether oxygens (including phenoxy) is 3. The molecule has 1 N–H and O–H groups in total. The van der Waals surface area contributed by atoms with Crippen molar-refractivity contribution in [3.05, 3.63) is 48.0 Å². The summed E-state index contributed by atoms with van der Waals surface area (Å²) in [6, 6.07) is 12.8. The fraction of sp³-hybridized carbons (Fsp3) is 0.294. The highest BCUT2D eigenvalue weighted by molar-refractivity contribution is 5.45. The third kappa shape index (κ3) is 3.67.